The van der Waals surface area contributed by atoms with Gasteiger partial charge < -0.3 is 4.90 Å². The van der Waals surface area contributed by atoms with Crippen LogP contribution in [0.2, 0.25) is 0 Å². The van der Waals surface area contributed by atoms with E-state index in [0.29, 0.717) is 12.1 Å². The quantitative estimate of drug-likeness (QED) is 0.716. The Kier molecular flexibility index (Phi) is 3.34. The molecule has 3 heteroatoms. The van der Waals surface area contributed by atoms with E-state index in [9.17, 15) is 9.59 Å². The fourth-order valence-corrected chi connectivity index (χ4v) is 1.81. The second kappa shape index (κ2) is 4.92. The number of likely N-dealkylation sites (tertiary alicyclic amines) is 1. The monoisotopic (exact) mass is 216 g/mol. The molecule has 1 aromatic rings. The molecular formula is C13H14NO2. The second-order valence-corrected chi connectivity index (χ2v) is 3.91. The number of hydrogen-bond acceptors (Lipinski definition) is 2. The zero-order valence-corrected chi connectivity index (χ0v) is 9.06. The number of ketones is 1. The lowest BCUT2D eigenvalue weighted by Crippen LogP contribution is -2.34. The van der Waals surface area contributed by atoms with E-state index in [-0.39, 0.29) is 18.2 Å². The molecule has 1 fully saturated rings. The Balaban J connectivity index is 2.12. The smallest absolute Gasteiger partial charge is 0.254 e. The molecule has 1 aliphatic heterocycles. The fourth-order valence-electron chi connectivity index (χ4n) is 1.81. The Morgan fingerprint density at radius 2 is 1.94 bits per heavy atom. The van der Waals surface area contributed by atoms with Crippen LogP contribution in [0, 0.1) is 6.42 Å². The summed E-state index contributed by atoms with van der Waals surface area (Å²) in [6.07, 6.45) is 3.32. The average molecular weight is 216 g/mol. The Labute approximate surface area is 95.1 Å². The molecular weight excluding hydrogens is 202 g/mol. The summed E-state index contributed by atoms with van der Waals surface area (Å²) in [6, 6.07) is 9.10. The molecule has 83 valence electrons. The largest absolute Gasteiger partial charge is 0.331 e. The summed E-state index contributed by atoms with van der Waals surface area (Å²) in [5.41, 5.74) is 0.650. The van der Waals surface area contributed by atoms with E-state index in [1.54, 1.807) is 23.5 Å². The number of Topliss-reactive ketones (excluding diaryl/α,β-unsaturated/α-hetero) is 1. The lowest BCUT2D eigenvalue weighted by Gasteiger charge is -2.19. The van der Waals surface area contributed by atoms with E-state index in [2.05, 4.69) is 0 Å². The van der Waals surface area contributed by atoms with E-state index < -0.39 is 0 Å². The van der Waals surface area contributed by atoms with Crippen molar-refractivity contribution < 1.29 is 9.59 Å². The molecule has 1 aliphatic rings. The predicted molar refractivity (Wildman–Crippen MR) is 60.9 cm³/mol. The van der Waals surface area contributed by atoms with Gasteiger partial charge in [-0.2, -0.15) is 0 Å². The van der Waals surface area contributed by atoms with Gasteiger partial charge in [0.1, 0.15) is 0 Å². The van der Waals surface area contributed by atoms with Crippen molar-refractivity contribution in [2.24, 2.45) is 0 Å². The maximum absolute atomic E-state index is 12.1. The van der Waals surface area contributed by atoms with E-state index >= 15 is 0 Å². The standard InChI is InChI=1S/C13H14NO2/c15-12-8-4-5-9-14(10-12)13(16)11-6-2-1-3-7-11/h1-3,6-8H,4-5,9-10H2. The zero-order chi connectivity index (χ0) is 11.4. The van der Waals surface area contributed by atoms with Crippen LogP contribution in [-0.2, 0) is 4.79 Å². The van der Waals surface area contributed by atoms with Gasteiger partial charge in [0.25, 0.3) is 5.91 Å². The van der Waals surface area contributed by atoms with Crippen LogP contribution < -0.4 is 0 Å². The minimum absolute atomic E-state index is 0.0433. The normalized spacial score (nSPS) is 17.0. The van der Waals surface area contributed by atoms with E-state index in [1.165, 1.54) is 0 Å². The molecule has 0 bridgehead atoms. The maximum atomic E-state index is 12.1. The number of hydrogen-bond donors (Lipinski definition) is 0. The first-order valence-corrected chi connectivity index (χ1v) is 5.48. The number of carbonyl (C=O) groups is 2. The summed E-state index contributed by atoms with van der Waals surface area (Å²) >= 11 is 0. The second-order valence-electron chi connectivity index (χ2n) is 3.91. The topological polar surface area (TPSA) is 37.4 Å². The van der Waals surface area contributed by atoms with Gasteiger partial charge in [-0.3, -0.25) is 9.59 Å². The van der Waals surface area contributed by atoms with Crippen LogP contribution >= 0.6 is 0 Å². The van der Waals surface area contributed by atoms with Crippen LogP contribution in [-0.4, -0.2) is 29.7 Å². The van der Waals surface area contributed by atoms with Crippen LogP contribution in [0.5, 0.6) is 0 Å². The molecule has 1 amide bonds. The minimum atomic E-state index is -0.0516. The first-order valence-electron chi connectivity index (χ1n) is 5.48. The van der Waals surface area contributed by atoms with Crippen molar-refractivity contribution in [3.05, 3.63) is 42.3 Å². The van der Waals surface area contributed by atoms with Crippen LogP contribution in [0.15, 0.2) is 30.3 Å². The molecule has 0 aromatic heterocycles. The fraction of sp³-hybridized carbons (Fsp3) is 0.308. The molecule has 0 spiro atoms. The third-order valence-electron chi connectivity index (χ3n) is 2.66. The number of benzene rings is 1. The van der Waals surface area contributed by atoms with Gasteiger partial charge in [-0.05, 0) is 25.0 Å². The third kappa shape index (κ3) is 2.48. The first kappa shape index (κ1) is 10.9. The van der Waals surface area contributed by atoms with Gasteiger partial charge in [0.05, 0.1) is 6.54 Å². The molecule has 16 heavy (non-hydrogen) atoms. The van der Waals surface area contributed by atoms with Gasteiger partial charge in [0, 0.05) is 18.5 Å². The first-order chi connectivity index (χ1) is 7.77. The summed E-state index contributed by atoms with van der Waals surface area (Å²) < 4.78 is 0. The van der Waals surface area contributed by atoms with E-state index in [1.807, 2.05) is 18.2 Å². The van der Waals surface area contributed by atoms with E-state index in [0.717, 1.165) is 12.8 Å². The van der Waals surface area contributed by atoms with Gasteiger partial charge in [-0.1, -0.05) is 18.2 Å². The zero-order valence-electron chi connectivity index (χ0n) is 9.06. The molecule has 0 atom stereocenters. The van der Waals surface area contributed by atoms with Crippen LogP contribution in [0.1, 0.15) is 23.2 Å². The number of carbonyl (C=O) groups excluding carboxylic acids is 2. The summed E-state index contributed by atoms with van der Waals surface area (Å²) in [4.78, 5) is 25.1. The van der Waals surface area contributed by atoms with E-state index in [4.69, 9.17) is 0 Å². The van der Waals surface area contributed by atoms with Gasteiger partial charge in [0.15, 0.2) is 5.78 Å². The van der Waals surface area contributed by atoms with Crippen molar-refractivity contribution in [1.29, 1.82) is 0 Å². The summed E-state index contributed by atoms with van der Waals surface area (Å²) in [6.45, 7) is 0.879. The molecule has 0 aliphatic carbocycles. The van der Waals surface area contributed by atoms with Crippen molar-refractivity contribution in [3.8, 4) is 0 Å². The molecule has 1 heterocycles. The highest BCUT2D eigenvalue weighted by molar-refractivity contribution is 5.98. The van der Waals surface area contributed by atoms with Crippen molar-refractivity contribution in [1.82, 2.24) is 4.90 Å². The van der Waals surface area contributed by atoms with Crippen molar-refractivity contribution >= 4 is 11.7 Å². The summed E-state index contributed by atoms with van der Waals surface area (Å²) in [5.74, 6) is -0.00830. The van der Waals surface area contributed by atoms with Crippen molar-refractivity contribution in [2.45, 2.75) is 12.8 Å². The van der Waals surface area contributed by atoms with Gasteiger partial charge in [-0.25, -0.2) is 0 Å². The molecule has 1 radical (unpaired) electrons. The van der Waals surface area contributed by atoms with Crippen LogP contribution in [0.4, 0.5) is 0 Å². The average Bonchev–Trinajstić information content (AvgIpc) is 2.54. The highest BCUT2D eigenvalue weighted by Crippen LogP contribution is 2.10. The SMILES string of the molecule is O=C1[CH]CCCN(C(=O)c2ccccc2)C1. The highest BCUT2D eigenvalue weighted by Gasteiger charge is 2.20. The van der Waals surface area contributed by atoms with Crippen LogP contribution in [0.25, 0.3) is 0 Å². The number of nitrogens with zero attached hydrogens (tertiary/aromatic N) is 1. The predicted octanol–water partition coefficient (Wildman–Crippen LogP) is 1.70. The van der Waals surface area contributed by atoms with Crippen LogP contribution in [0.3, 0.4) is 0 Å². The Hall–Kier alpha value is -1.64. The summed E-state index contributed by atoms with van der Waals surface area (Å²) in [7, 11) is 0. The highest BCUT2D eigenvalue weighted by atomic mass is 16.2. The number of rotatable bonds is 1. The molecule has 0 N–H and O–H groups in total. The van der Waals surface area contributed by atoms with Crippen molar-refractivity contribution in [3.63, 3.8) is 0 Å². The van der Waals surface area contributed by atoms with Gasteiger partial charge >= 0.3 is 0 Å². The molecule has 1 saturated heterocycles. The Morgan fingerprint density at radius 1 is 1.19 bits per heavy atom. The molecule has 3 nitrogen and oxygen atoms in total. The number of amides is 1. The molecule has 1 aromatic carbocycles. The van der Waals surface area contributed by atoms with Crippen molar-refractivity contribution in [2.75, 3.05) is 13.1 Å². The Bertz CT molecular complexity index is 386. The third-order valence-corrected chi connectivity index (χ3v) is 2.66. The Morgan fingerprint density at radius 3 is 2.69 bits per heavy atom. The van der Waals surface area contributed by atoms with Gasteiger partial charge in [-0.15, -0.1) is 0 Å². The minimum Gasteiger partial charge on any atom is -0.331 e. The molecule has 0 unspecified atom stereocenters. The van der Waals surface area contributed by atoms with Gasteiger partial charge in [0.2, 0.25) is 0 Å². The summed E-state index contributed by atoms with van der Waals surface area (Å²) in [5, 5.41) is 0. The lowest BCUT2D eigenvalue weighted by molar-refractivity contribution is -0.116. The molecule has 2 rings (SSSR count). The lowest BCUT2D eigenvalue weighted by atomic mass is 10.2. The maximum Gasteiger partial charge on any atom is 0.254 e. The molecule has 0 saturated carbocycles.